The molecule has 0 saturated heterocycles. The van der Waals surface area contributed by atoms with Crippen LogP contribution in [0.5, 0.6) is 11.5 Å². The van der Waals surface area contributed by atoms with Gasteiger partial charge in [-0.2, -0.15) is 0 Å². The first-order valence-corrected chi connectivity index (χ1v) is 7.99. The SMILES string of the molecule is O=C(Nc1cc(-c2ccc(Cl)cc2)no1)C1COc2ccccc2O1. The number of carbonyl (C=O) groups is 1. The summed E-state index contributed by atoms with van der Waals surface area (Å²) < 4.78 is 16.4. The number of aromatic nitrogens is 1. The number of para-hydroxylation sites is 2. The van der Waals surface area contributed by atoms with Crippen molar-refractivity contribution < 1.29 is 18.8 Å². The molecule has 0 bridgehead atoms. The predicted octanol–water partition coefficient (Wildman–Crippen LogP) is 3.77. The van der Waals surface area contributed by atoms with Gasteiger partial charge >= 0.3 is 0 Å². The Hall–Kier alpha value is -2.99. The summed E-state index contributed by atoms with van der Waals surface area (Å²) >= 11 is 5.87. The van der Waals surface area contributed by atoms with Crippen molar-refractivity contribution in [1.82, 2.24) is 5.16 Å². The lowest BCUT2D eigenvalue weighted by Crippen LogP contribution is -2.40. The molecule has 1 amide bonds. The molecule has 126 valence electrons. The molecule has 7 heteroatoms. The van der Waals surface area contributed by atoms with Gasteiger partial charge in [-0.25, -0.2) is 0 Å². The van der Waals surface area contributed by atoms with Gasteiger partial charge in [-0.1, -0.05) is 41.0 Å². The molecule has 25 heavy (non-hydrogen) atoms. The van der Waals surface area contributed by atoms with Crippen LogP contribution < -0.4 is 14.8 Å². The van der Waals surface area contributed by atoms with E-state index in [1.807, 2.05) is 24.3 Å². The second kappa shape index (κ2) is 6.49. The molecule has 1 aromatic heterocycles. The third kappa shape index (κ3) is 3.29. The van der Waals surface area contributed by atoms with Crippen LogP contribution in [0, 0.1) is 0 Å². The fourth-order valence-corrected chi connectivity index (χ4v) is 2.57. The predicted molar refractivity (Wildman–Crippen MR) is 91.9 cm³/mol. The summed E-state index contributed by atoms with van der Waals surface area (Å²) in [5.74, 6) is 1.02. The van der Waals surface area contributed by atoms with Gasteiger partial charge in [0.25, 0.3) is 5.91 Å². The van der Waals surface area contributed by atoms with E-state index >= 15 is 0 Å². The van der Waals surface area contributed by atoms with Crippen molar-refractivity contribution in [3.63, 3.8) is 0 Å². The van der Waals surface area contributed by atoms with E-state index in [2.05, 4.69) is 10.5 Å². The number of hydrogen-bond acceptors (Lipinski definition) is 5. The second-order valence-corrected chi connectivity index (χ2v) is 5.87. The Morgan fingerprint density at radius 1 is 1.12 bits per heavy atom. The van der Waals surface area contributed by atoms with Gasteiger partial charge in [0.05, 0.1) is 0 Å². The Balaban J connectivity index is 1.44. The first kappa shape index (κ1) is 15.5. The quantitative estimate of drug-likeness (QED) is 0.773. The van der Waals surface area contributed by atoms with E-state index in [1.54, 1.807) is 30.3 Å². The molecule has 3 aromatic rings. The summed E-state index contributed by atoms with van der Waals surface area (Å²) in [6.45, 7) is 0.126. The number of nitrogens with one attached hydrogen (secondary N) is 1. The molecule has 1 atom stereocenters. The van der Waals surface area contributed by atoms with Crippen LogP contribution in [-0.2, 0) is 4.79 Å². The zero-order valence-electron chi connectivity index (χ0n) is 12.9. The van der Waals surface area contributed by atoms with Gasteiger partial charge < -0.3 is 14.0 Å². The summed E-state index contributed by atoms with van der Waals surface area (Å²) in [6.07, 6.45) is -0.765. The van der Waals surface area contributed by atoms with E-state index in [1.165, 1.54) is 0 Å². The number of benzene rings is 2. The average molecular weight is 357 g/mol. The summed E-state index contributed by atoms with van der Waals surface area (Å²) in [5, 5.41) is 7.22. The maximum absolute atomic E-state index is 12.3. The second-order valence-electron chi connectivity index (χ2n) is 5.44. The van der Waals surface area contributed by atoms with Gasteiger partial charge in [0, 0.05) is 16.7 Å². The van der Waals surface area contributed by atoms with Crippen LogP contribution in [0.4, 0.5) is 5.88 Å². The van der Waals surface area contributed by atoms with Gasteiger partial charge in [-0.3, -0.25) is 10.1 Å². The number of nitrogens with zero attached hydrogens (tertiary/aromatic N) is 1. The molecule has 1 unspecified atom stereocenters. The van der Waals surface area contributed by atoms with Crippen LogP contribution in [0.1, 0.15) is 0 Å². The Kier molecular flexibility index (Phi) is 4.03. The number of hydrogen-bond donors (Lipinski definition) is 1. The maximum atomic E-state index is 12.3. The number of fused-ring (bicyclic) bond motifs is 1. The van der Waals surface area contributed by atoms with Gasteiger partial charge in [-0.05, 0) is 24.3 Å². The number of amides is 1. The third-order valence-electron chi connectivity index (χ3n) is 3.70. The highest BCUT2D eigenvalue weighted by atomic mass is 35.5. The molecular formula is C18H13ClN2O4. The Bertz CT molecular complexity index is 907. The molecule has 4 rings (SSSR count). The Morgan fingerprint density at radius 3 is 2.68 bits per heavy atom. The van der Waals surface area contributed by atoms with Crippen molar-refractivity contribution in [3.8, 4) is 22.8 Å². The number of rotatable bonds is 3. The molecule has 0 saturated carbocycles. The minimum atomic E-state index is -0.765. The molecule has 1 aliphatic rings. The molecular weight excluding hydrogens is 344 g/mol. The molecule has 1 N–H and O–H groups in total. The molecule has 6 nitrogen and oxygen atoms in total. The van der Waals surface area contributed by atoms with Gasteiger partial charge in [0.1, 0.15) is 12.3 Å². The molecule has 0 radical (unpaired) electrons. The zero-order chi connectivity index (χ0) is 17.2. The zero-order valence-corrected chi connectivity index (χ0v) is 13.7. The highest BCUT2D eigenvalue weighted by Gasteiger charge is 2.28. The highest BCUT2D eigenvalue weighted by molar-refractivity contribution is 6.30. The van der Waals surface area contributed by atoms with Crippen molar-refractivity contribution in [2.45, 2.75) is 6.10 Å². The highest BCUT2D eigenvalue weighted by Crippen LogP contribution is 2.31. The summed E-state index contributed by atoms with van der Waals surface area (Å²) in [6, 6.07) is 16.0. The monoisotopic (exact) mass is 356 g/mol. The third-order valence-corrected chi connectivity index (χ3v) is 3.95. The van der Waals surface area contributed by atoms with E-state index in [0.29, 0.717) is 22.2 Å². The van der Waals surface area contributed by atoms with Crippen molar-refractivity contribution in [2.75, 3.05) is 11.9 Å². The van der Waals surface area contributed by atoms with Crippen molar-refractivity contribution in [2.24, 2.45) is 0 Å². The normalized spacial score (nSPS) is 15.6. The Labute approximate surface area is 148 Å². The first-order valence-electron chi connectivity index (χ1n) is 7.61. The lowest BCUT2D eigenvalue weighted by molar-refractivity contribution is -0.125. The van der Waals surface area contributed by atoms with E-state index in [4.69, 9.17) is 25.6 Å². The topological polar surface area (TPSA) is 73.6 Å². The van der Waals surface area contributed by atoms with E-state index < -0.39 is 6.10 Å². The van der Waals surface area contributed by atoms with E-state index in [9.17, 15) is 4.79 Å². The molecule has 2 aromatic carbocycles. The maximum Gasteiger partial charge on any atom is 0.271 e. The lowest BCUT2D eigenvalue weighted by atomic mass is 10.1. The summed E-state index contributed by atoms with van der Waals surface area (Å²) in [5.41, 5.74) is 1.43. The van der Waals surface area contributed by atoms with Crippen molar-refractivity contribution >= 4 is 23.4 Å². The largest absolute Gasteiger partial charge is 0.485 e. The minimum Gasteiger partial charge on any atom is -0.485 e. The van der Waals surface area contributed by atoms with E-state index in [0.717, 1.165) is 5.56 Å². The number of anilines is 1. The number of ether oxygens (including phenoxy) is 2. The molecule has 0 aliphatic carbocycles. The standard InChI is InChI=1S/C18H13ClN2O4/c19-12-7-5-11(6-8-12)13-9-17(25-21-13)20-18(22)16-10-23-14-3-1-2-4-15(14)24-16/h1-9,16H,10H2,(H,20,22). The average Bonchev–Trinajstić information content (AvgIpc) is 3.10. The number of halogens is 1. The van der Waals surface area contributed by atoms with Gasteiger partial charge in [-0.15, -0.1) is 0 Å². The van der Waals surface area contributed by atoms with Crippen LogP contribution in [0.15, 0.2) is 59.1 Å². The molecule has 0 fully saturated rings. The fraction of sp³-hybridized carbons (Fsp3) is 0.111. The Morgan fingerprint density at radius 2 is 1.88 bits per heavy atom. The van der Waals surface area contributed by atoms with Crippen molar-refractivity contribution in [3.05, 3.63) is 59.6 Å². The van der Waals surface area contributed by atoms with Crippen LogP contribution in [0.2, 0.25) is 5.02 Å². The van der Waals surface area contributed by atoms with Crippen LogP contribution >= 0.6 is 11.6 Å². The van der Waals surface area contributed by atoms with Crippen molar-refractivity contribution in [1.29, 1.82) is 0 Å². The number of carbonyl (C=O) groups excluding carboxylic acids is 1. The summed E-state index contributed by atoms with van der Waals surface area (Å²) in [7, 11) is 0. The molecule has 2 heterocycles. The molecule has 1 aliphatic heterocycles. The fourth-order valence-electron chi connectivity index (χ4n) is 2.44. The van der Waals surface area contributed by atoms with Crippen LogP contribution in [-0.4, -0.2) is 23.8 Å². The summed E-state index contributed by atoms with van der Waals surface area (Å²) in [4.78, 5) is 12.3. The lowest BCUT2D eigenvalue weighted by Gasteiger charge is -2.25. The first-order chi connectivity index (χ1) is 12.2. The van der Waals surface area contributed by atoms with Crippen LogP contribution in [0.25, 0.3) is 11.3 Å². The minimum absolute atomic E-state index is 0.126. The van der Waals surface area contributed by atoms with Crippen LogP contribution in [0.3, 0.4) is 0 Å². The van der Waals surface area contributed by atoms with Gasteiger partial charge in [0.15, 0.2) is 11.5 Å². The smallest absolute Gasteiger partial charge is 0.271 e. The van der Waals surface area contributed by atoms with E-state index in [-0.39, 0.29) is 18.4 Å². The van der Waals surface area contributed by atoms with Gasteiger partial charge in [0.2, 0.25) is 12.0 Å². The molecule has 0 spiro atoms.